The molecule has 0 aliphatic heterocycles. The number of carbonyl (C=O) groups is 1. The zero-order valence-electron chi connectivity index (χ0n) is 13.9. The van der Waals surface area contributed by atoms with Gasteiger partial charge in [0.05, 0.1) is 15.9 Å². The van der Waals surface area contributed by atoms with Crippen LogP contribution < -0.4 is 5.69 Å². The van der Waals surface area contributed by atoms with Crippen LogP contribution in [0.25, 0.3) is 26.5 Å². The number of hydrogen-bond acceptors (Lipinski definition) is 6. The van der Waals surface area contributed by atoms with Crippen molar-refractivity contribution < 1.29 is 9.90 Å². The zero-order valence-corrected chi connectivity index (χ0v) is 14.7. The maximum Gasteiger partial charge on any atom is 0.356 e. The van der Waals surface area contributed by atoms with Crippen LogP contribution in [0.15, 0.2) is 41.3 Å². The van der Waals surface area contributed by atoms with Gasteiger partial charge in [0.1, 0.15) is 10.8 Å². The van der Waals surface area contributed by atoms with Gasteiger partial charge in [-0.25, -0.2) is 28.8 Å². The number of benzene rings is 1. The Bertz CT molecular complexity index is 1200. The summed E-state index contributed by atoms with van der Waals surface area (Å²) < 4.78 is 3.35. The molecule has 0 bridgehead atoms. The van der Waals surface area contributed by atoms with Crippen molar-refractivity contribution in [2.45, 2.75) is 6.92 Å². The van der Waals surface area contributed by atoms with Crippen molar-refractivity contribution in [2.24, 2.45) is 7.05 Å². The fraction of sp³-hybridized carbons (Fsp3) is 0.118. The number of aryl methyl sites for hydroxylation is 2. The van der Waals surface area contributed by atoms with Gasteiger partial charge < -0.3 is 5.11 Å². The Kier molecular flexibility index (Phi) is 3.66. The number of nitrogens with zero attached hydrogens (tertiary/aromatic N) is 5. The summed E-state index contributed by atoms with van der Waals surface area (Å²) in [7, 11) is 1.61. The van der Waals surface area contributed by atoms with E-state index in [0.717, 1.165) is 5.56 Å². The number of pyridine rings is 1. The van der Waals surface area contributed by atoms with E-state index in [0.29, 0.717) is 26.7 Å². The van der Waals surface area contributed by atoms with E-state index in [1.165, 1.54) is 26.8 Å². The number of aromatic nitrogens is 5. The van der Waals surface area contributed by atoms with E-state index in [1.807, 2.05) is 24.3 Å². The molecule has 26 heavy (non-hydrogen) atoms. The highest BCUT2D eigenvalue weighted by molar-refractivity contribution is 7.22. The average Bonchev–Trinajstić information content (AvgIpc) is 3.16. The SMILES string of the molecule is Cc1nn(C)c(=O)n1-c1ccc(-c2nc3ccnc(C(=O)O)c3s2)cc1. The van der Waals surface area contributed by atoms with Gasteiger partial charge in [-0.1, -0.05) is 0 Å². The topological polar surface area (TPSA) is 103 Å². The minimum absolute atomic E-state index is 0.000377. The van der Waals surface area contributed by atoms with Crippen molar-refractivity contribution in [1.82, 2.24) is 24.3 Å². The van der Waals surface area contributed by atoms with Gasteiger partial charge in [0.15, 0.2) is 5.69 Å². The third-order valence-electron chi connectivity index (χ3n) is 3.97. The molecule has 0 aliphatic carbocycles. The second kappa shape index (κ2) is 5.88. The Labute approximate surface area is 151 Å². The minimum Gasteiger partial charge on any atom is -0.476 e. The van der Waals surface area contributed by atoms with Crippen molar-refractivity contribution in [1.29, 1.82) is 0 Å². The van der Waals surface area contributed by atoms with Crippen LogP contribution in [0.4, 0.5) is 0 Å². The van der Waals surface area contributed by atoms with Crippen molar-refractivity contribution in [2.75, 3.05) is 0 Å². The molecule has 4 aromatic rings. The minimum atomic E-state index is -1.08. The molecule has 8 nitrogen and oxygen atoms in total. The first-order valence-electron chi connectivity index (χ1n) is 7.68. The van der Waals surface area contributed by atoms with Gasteiger partial charge in [-0.2, -0.15) is 5.10 Å². The van der Waals surface area contributed by atoms with Crippen molar-refractivity contribution in [3.05, 3.63) is 58.5 Å². The van der Waals surface area contributed by atoms with E-state index in [2.05, 4.69) is 15.1 Å². The molecule has 0 amide bonds. The summed E-state index contributed by atoms with van der Waals surface area (Å²) in [5, 5.41) is 14.1. The van der Waals surface area contributed by atoms with E-state index in [4.69, 9.17) is 0 Å². The molecule has 3 aromatic heterocycles. The number of rotatable bonds is 3. The Morgan fingerprint density at radius 3 is 2.54 bits per heavy atom. The van der Waals surface area contributed by atoms with Crippen LogP contribution in [-0.2, 0) is 7.05 Å². The van der Waals surface area contributed by atoms with Crippen LogP contribution in [0, 0.1) is 6.92 Å². The summed E-state index contributed by atoms with van der Waals surface area (Å²) in [6.45, 7) is 1.77. The average molecular weight is 367 g/mol. The summed E-state index contributed by atoms with van der Waals surface area (Å²) in [6.07, 6.45) is 1.44. The Hall–Kier alpha value is -3.33. The molecule has 3 heterocycles. The fourth-order valence-corrected chi connectivity index (χ4v) is 3.82. The molecule has 4 rings (SSSR count). The number of thiazole rings is 1. The number of aromatic carboxylic acids is 1. The van der Waals surface area contributed by atoms with Gasteiger partial charge in [0, 0.05) is 18.8 Å². The third-order valence-corrected chi connectivity index (χ3v) is 5.09. The Morgan fingerprint density at radius 1 is 1.19 bits per heavy atom. The summed E-state index contributed by atoms with van der Waals surface area (Å²) >= 11 is 1.28. The molecule has 0 atom stereocenters. The predicted molar refractivity (Wildman–Crippen MR) is 96.9 cm³/mol. The van der Waals surface area contributed by atoms with E-state index in [9.17, 15) is 14.7 Å². The normalized spacial score (nSPS) is 11.2. The van der Waals surface area contributed by atoms with Gasteiger partial charge >= 0.3 is 11.7 Å². The van der Waals surface area contributed by atoms with E-state index in [1.54, 1.807) is 20.0 Å². The molecule has 1 aromatic carbocycles. The van der Waals surface area contributed by atoms with Crippen LogP contribution >= 0.6 is 11.3 Å². The van der Waals surface area contributed by atoms with Gasteiger partial charge in [0.2, 0.25) is 0 Å². The molecule has 130 valence electrons. The smallest absolute Gasteiger partial charge is 0.356 e. The lowest BCUT2D eigenvalue weighted by Crippen LogP contribution is -2.21. The molecule has 0 fully saturated rings. The van der Waals surface area contributed by atoms with Crippen LogP contribution in [0.2, 0.25) is 0 Å². The summed E-state index contributed by atoms with van der Waals surface area (Å²) in [4.78, 5) is 31.9. The fourth-order valence-electron chi connectivity index (χ4n) is 2.77. The van der Waals surface area contributed by atoms with Gasteiger partial charge in [0.25, 0.3) is 0 Å². The molecular weight excluding hydrogens is 354 g/mol. The van der Waals surface area contributed by atoms with E-state index < -0.39 is 5.97 Å². The lowest BCUT2D eigenvalue weighted by atomic mass is 10.2. The summed E-state index contributed by atoms with van der Waals surface area (Å²) in [5.41, 5.74) is 1.92. The second-order valence-electron chi connectivity index (χ2n) is 5.67. The maximum absolute atomic E-state index is 12.2. The summed E-state index contributed by atoms with van der Waals surface area (Å²) in [6, 6.07) is 9.01. The Balaban J connectivity index is 1.78. The number of carboxylic acids is 1. The highest BCUT2D eigenvalue weighted by atomic mass is 32.1. The third kappa shape index (κ3) is 2.49. The molecule has 0 unspecified atom stereocenters. The van der Waals surface area contributed by atoms with E-state index >= 15 is 0 Å². The van der Waals surface area contributed by atoms with E-state index in [-0.39, 0.29) is 11.4 Å². The largest absolute Gasteiger partial charge is 0.476 e. The predicted octanol–water partition coefficient (Wildman–Crippen LogP) is 2.25. The van der Waals surface area contributed by atoms with Crippen molar-refractivity contribution in [3.63, 3.8) is 0 Å². The first-order chi connectivity index (χ1) is 12.5. The van der Waals surface area contributed by atoms with Crippen LogP contribution in [0.1, 0.15) is 16.3 Å². The first kappa shape index (κ1) is 16.2. The maximum atomic E-state index is 12.2. The lowest BCUT2D eigenvalue weighted by Gasteiger charge is -2.03. The number of fused-ring (bicyclic) bond motifs is 1. The molecule has 0 saturated carbocycles. The molecule has 0 spiro atoms. The number of carboxylic acid groups (broad SMARTS) is 1. The number of hydrogen-bond donors (Lipinski definition) is 1. The van der Waals surface area contributed by atoms with Crippen LogP contribution in [0.3, 0.4) is 0 Å². The van der Waals surface area contributed by atoms with Gasteiger partial charge in [-0.05, 0) is 37.3 Å². The first-order valence-corrected chi connectivity index (χ1v) is 8.49. The van der Waals surface area contributed by atoms with Crippen LogP contribution in [0.5, 0.6) is 0 Å². The Morgan fingerprint density at radius 2 is 1.92 bits per heavy atom. The highest BCUT2D eigenvalue weighted by Crippen LogP contribution is 2.32. The molecule has 0 saturated heterocycles. The van der Waals surface area contributed by atoms with Crippen molar-refractivity contribution in [3.8, 4) is 16.3 Å². The molecule has 1 N–H and O–H groups in total. The molecular formula is C17H13N5O3S. The summed E-state index contributed by atoms with van der Waals surface area (Å²) in [5.74, 6) is -0.477. The lowest BCUT2D eigenvalue weighted by molar-refractivity contribution is 0.0693. The molecule has 9 heteroatoms. The second-order valence-corrected chi connectivity index (χ2v) is 6.67. The standard InChI is InChI=1S/C17H13N5O3S/c1-9-20-21(2)17(25)22(9)11-5-3-10(4-6-11)15-19-12-7-8-18-13(16(23)24)14(12)26-15/h3-8H,1-2H3,(H,23,24). The quantitative estimate of drug-likeness (QED) is 0.596. The molecule has 0 radical (unpaired) electrons. The van der Waals surface area contributed by atoms with Gasteiger partial charge in [-0.15, -0.1) is 11.3 Å². The monoisotopic (exact) mass is 367 g/mol. The highest BCUT2D eigenvalue weighted by Gasteiger charge is 2.16. The van der Waals surface area contributed by atoms with Crippen molar-refractivity contribution >= 4 is 27.5 Å². The molecule has 0 aliphatic rings. The van der Waals surface area contributed by atoms with Crippen LogP contribution in [-0.4, -0.2) is 35.4 Å². The van der Waals surface area contributed by atoms with Gasteiger partial charge in [-0.3, -0.25) is 0 Å². The zero-order chi connectivity index (χ0) is 18.4.